The molecule has 1 aliphatic heterocycles. The van der Waals surface area contributed by atoms with E-state index in [1.165, 1.54) is 19.3 Å². The van der Waals surface area contributed by atoms with E-state index in [9.17, 15) is 22.8 Å². The quantitative estimate of drug-likeness (QED) is 0.351. The molecule has 2 aromatic heterocycles. The minimum absolute atomic E-state index is 0.0264. The highest BCUT2D eigenvalue weighted by Gasteiger charge is 2.31. The van der Waals surface area contributed by atoms with Crippen molar-refractivity contribution < 1.29 is 27.9 Å². The fourth-order valence-electron chi connectivity index (χ4n) is 4.83. The number of aliphatic hydroxyl groups excluding tert-OH is 1. The zero-order valence-electron chi connectivity index (χ0n) is 21.6. The van der Waals surface area contributed by atoms with Crippen LogP contribution in [0.25, 0.3) is 22.5 Å². The van der Waals surface area contributed by atoms with Crippen LogP contribution in [0.5, 0.6) is 0 Å². The number of hydrogen-bond acceptors (Lipinski definition) is 4. The monoisotopic (exact) mass is 540 g/mol. The Kier molecular flexibility index (Phi) is 8.42. The molecule has 39 heavy (non-hydrogen) atoms. The first-order valence-electron chi connectivity index (χ1n) is 12.8. The molecule has 2 aliphatic rings. The molecule has 0 bridgehead atoms. The van der Waals surface area contributed by atoms with Crippen molar-refractivity contribution in [3.8, 4) is 22.5 Å². The first-order valence-corrected chi connectivity index (χ1v) is 12.8. The molecular weight excluding hydrogens is 509 g/mol. The molecule has 3 N–H and O–H groups in total. The van der Waals surface area contributed by atoms with Gasteiger partial charge in [-0.1, -0.05) is 38.0 Å². The lowest BCUT2D eigenvalue weighted by Gasteiger charge is -2.31. The number of nitrogens with one attached hydrogen (secondary N) is 2. The minimum atomic E-state index is -4.64. The number of carbonyl (C=O) groups is 2. The van der Waals surface area contributed by atoms with Crippen molar-refractivity contribution in [3.63, 3.8) is 0 Å². The number of aromatic amines is 1. The van der Waals surface area contributed by atoms with Gasteiger partial charge in [-0.05, 0) is 43.2 Å². The fraction of sp³-hybridized carbons (Fsp3) is 0.345. The van der Waals surface area contributed by atoms with Crippen LogP contribution in [0, 0.1) is 0 Å². The van der Waals surface area contributed by atoms with Gasteiger partial charge < -0.3 is 20.3 Å². The van der Waals surface area contributed by atoms with Crippen LogP contribution in [0.1, 0.15) is 58.5 Å². The summed E-state index contributed by atoms with van der Waals surface area (Å²) in [6, 6.07) is 13.9. The Morgan fingerprint density at radius 1 is 1.08 bits per heavy atom. The molecule has 0 atom stereocenters. The highest BCUT2D eigenvalue weighted by Crippen LogP contribution is 2.28. The number of pyridine rings is 1. The lowest BCUT2D eigenvalue weighted by molar-refractivity contribution is -0.119. The average molecular weight is 541 g/mol. The van der Waals surface area contributed by atoms with Gasteiger partial charge in [-0.15, -0.1) is 0 Å². The molecule has 206 valence electrons. The van der Waals surface area contributed by atoms with E-state index < -0.39 is 11.9 Å². The number of amides is 2. The highest BCUT2D eigenvalue weighted by atomic mass is 19.4. The van der Waals surface area contributed by atoms with E-state index in [1.807, 2.05) is 54.4 Å². The number of aliphatic hydroxyl groups is 1. The van der Waals surface area contributed by atoms with Crippen LogP contribution < -0.4 is 5.32 Å². The second-order valence-corrected chi connectivity index (χ2v) is 9.74. The Labute approximate surface area is 224 Å². The number of H-pyrrole nitrogens is 1. The number of carbonyl (C=O) groups excluding carboxylic acids is 2. The molecule has 1 aromatic carbocycles. The van der Waals surface area contributed by atoms with Crippen LogP contribution in [0.3, 0.4) is 0 Å². The third-order valence-electron chi connectivity index (χ3n) is 7.07. The van der Waals surface area contributed by atoms with Crippen LogP contribution in [0.15, 0.2) is 61.0 Å². The Hall–Kier alpha value is -4.08. The molecule has 3 heterocycles. The van der Waals surface area contributed by atoms with E-state index in [0.717, 1.165) is 53.0 Å². The summed E-state index contributed by atoms with van der Waals surface area (Å²) < 4.78 is 32.5. The van der Waals surface area contributed by atoms with E-state index in [4.69, 9.17) is 5.11 Å². The van der Waals surface area contributed by atoms with Gasteiger partial charge in [-0.3, -0.25) is 14.6 Å². The minimum Gasteiger partial charge on any atom is -0.505 e. The van der Waals surface area contributed by atoms with Gasteiger partial charge in [0.1, 0.15) is 0 Å². The number of hydrogen-bond donors (Lipinski definition) is 3. The molecule has 3 aromatic rings. The Morgan fingerprint density at radius 2 is 1.74 bits per heavy atom. The summed E-state index contributed by atoms with van der Waals surface area (Å²) in [5.74, 6) is -1.70. The third kappa shape index (κ3) is 6.68. The number of benzene rings is 1. The van der Waals surface area contributed by atoms with Crippen molar-refractivity contribution in [2.75, 3.05) is 13.6 Å². The van der Waals surface area contributed by atoms with Gasteiger partial charge in [0.05, 0.1) is 11.3 Å². The molecule has 0 spiro atoms. The van der Waals surface area contributed by atoms with E-state index in [2.05, 4.69) is 21.9 Å². The van der Waals surface area contributed by atoms with Crippen molar-refractivity contribution >= 4 is 11.8 Å². The first kappa shape index (κ1) is 27.9. The van der Waals surface area contributed by atoms with E-state index in [0.29, 0.717) is 18.2 Å². The summed E-state index contributed by atoms with van der Waals surface area (Å²) in [6.07, 6.45) is 3.83. The van der Waals surface area contributed by atoms with Crippen molar-refractivity contribution in [3.05, 3.63) is 77.8 Å². The summed E-state index contributed by atoms with van der Waals surface area (Å²) in [6.45, 7) is 2.92. The van der Waals surface area contributed by atoms with E-state index in [1.54, 1.807) is 6.20 Å². The van der Waals surface area contributed by atoms with Crippen molar-refractivity contribution in [2.45, 2.75) is 50.7 Å². The largest absolute Gasteiger partial charge is 0.505 e. The van der Waals surface area contributed by atoms with Crippen LogP contribution in [-0.4, -0.2) is 57.6 Å². The van der Waals surface area contributed by atoms with E-state index in [-0.39, 0.29) is 11.8 Å². The molecule has 0 radical (unpaired) electrons. The second kappa shape index (κ2) is 11.8. The molecule has 1 saturated carbocycles. The van der Waals surface area contributed by atoms with Gasteiger partial charge in [0.15, 0.2) is 5.76 Å². The summed E-state index contributed by atoms with van der Waals surface area (Å²) >= 11 is 0. The standard InChI is InChI=1S/C26H28N4O2.C3H3F3O/c1-30(20-5-3-2-4-6-20)26(32)18-9-7-17(8-10-18)23-15-19(11-13-27-23)24-16-21-22(29-24)12-14-28-25(21)31;1-2(7)3(4,5)6/h7-11,13,15-16,20,29H,2-6,12,14H2,1H3,(H,28,31);7H,1H2. The van der Waals surface area contributed by atoms with Crippen LogP contribution in [0.4, 0.5) is 13.2 Å². The van der Waals surface area contributed by atoms with Gasteiger partial charge in [0, 0.05) is 60.3 Å². The number of alkyl halides is 3. The smallest absolute Gasteiger partial charge is 0.448 e. The molecule has 0 unspecified atom stereocenters. The van der Waals surface area contributed by atoms with Crippen LogP contribution >= 0.6 is 0 Å². The predicted octanol–water partition coefficient (Wildman–Crippen LogP) is 6.05. The maximum atomic E-state index is 12.9. The highest BCUT2D eigenvalue weighted by molar-refractivity contribution is 5.98. The van der Waals surface area contributed by atoms with Gasteiger partial charge in [-0.25, -0.2) is 0 Å². The number of nitrogens with zero attached hydrogens (tertiary/aromatic N) is 2. The molecular formula is C29H31F3N4O3. The van der Waals surface area contributed by atoms with Gasteiger partial charge in [-0.2, -0.15) is 13.2 Å². The number of allylic oxidation sites excluding steroid dienone is 1. The summed E-state index contributed by atoms with van der Waals surface area (Å²) in [5, 5.41) is 10.5. The molecule has 7 nitrogen and oxygen atoms in total. The number of fused-ring (bicyclic) bond motifs is 1. The van der Waals surface area contributed by atoms with Crippen molar-refractivity contribution in [2.24, 2.45) is 0 Å². The third-order valence-corrected chi connectivity index (χ3v) is 7.07. The zero-order valence-corrected chi connectivity index (χ0v) is 21.6. The Morgan fingerprint density at radius 3 is 2.36 bits per heavy atom. The van der Waals surface area contributed by atoms with Crippen molar-refractivity contribution in [1.29, 1.82) is 0 Å². The lowest BCUT2D eigenvalue weighted by atomic mass is 9.94. The molecule has 1 aliphatic carbocycles. The van der Waals surface area contributed by atoms with Crippen molar-refractivity contribution in [1.82, 2.24) is 20.2 Å². The van der Waals surface area contributed by atoms with E-state index >= 15 is 0 Å². The summed E-state index contributed by atoms with van der Waals surface area (Å²) in [5.41, 5.74) is 6.09. The summed E-state index contributed by atoms with van der Waals surface area (Å²) in [7, 11) is 1.92. The topological polar surface area (TPSA) is 98.3 Å². The molecule has 0 saturated heterocycles. The van der Waals surface area contributed by atoms with Crippen LogP contribution in [0.2, 0.25) is 0 Å². The zero-order chi connectivity index (χ0) is 28.2. The molecule has 5 rings (SSSR count). The SMILES string of the molecule is C=C(O)C(F)(F)F.CN(C(=O)c1ccc(-c2cc(-c3cc4c([nH]3)CCNC4=O)ccn2)cc1)C1CCCCC1. The Bertz CT molecular complexity index is 1340. The number of halogens is 3. The molecule has 1 fully saturated rings. The average Bonchev–Trinajstić information content (AvgIpc) is 3.39. The van der Waals surface area contributed by atoms with Gasteiger partial charge >= 0.3 is 6.18 Å². The van der Waals surface area contributed by atoms with Gasteiger partial charge in [0.25, 0.3) is 11.8 Å². The van der Waals surface area contributed by atoms with Crippen LogP contribution in [-0.2, 0) is 6.42 Å². The summed E-state index contributed by atoms with van der Waals surface area (Å²) in [4.78, 5) is 34.8. The molecule has 10 heteroatoms. The fourth-order valence-corrected chi connectivity index (χ4v) is 4.83. The first-order chi connectivity index (χ1) is 18.5. The van der Waals surface area contributed by atoms with Gasteiger partial charge in [0.2, 0.25) is 0 Å². The lowest BCUT2D eigenvalue weighted by Crippen LogP contribution is -2.38. The maximum absolute atomic E-state index is 12.9. The normalized spacial score (nSPS) is 15.4. The molecule has 2 amide bonds. The maximum Gasteiger partial charge on any atom is 0.448 e. The number of aromatic nitrogens is 2. The Balaban J connectivity index is 0.000000448. The number of rotatable bonds is 4. The predicted molar refractivity (Wildman–Crippen MR) is 142 cm³/mol. The second-order valence-electron chi connectivity index (χ2n) is 9.74.